The van der Waals surface area contributed by atoms with Gasteiger partial charge in [0.1, 0.15) is 5.75 Å². The van der Waals surface area contributed by atoms with E-state index in [1.807, 2.05) is 18.2 Å². The maximum atomic E-state index is 11.6. The fourth-order valence-corrected chi connectivity index (χ4v) is 1.62. The molecule has 5 heteroatoms. The number of nitrogens with two attached hydrogens (primary N) is 1. The third-order valence-electron chi connectivity index (χ3n) is 2.83. The Morgan fingerprint density at radius 3 is 2.44 bits per heavy atom. The molecule has 0 aliphatic heterocycles. The first kappa shape index (κ1) is 14.3. The largest absolute Gasteiger partial charge is 0.495 e. The van der Waals surface area contributed by atoms with Crippen molar-refractivity contribution in [1.29, 1.82) is 0 Å². The Balaban J connectivity index is 3.26. The minimum atomic E-state index is -0.389. The van der Waals surface area contributed by atoms with Gasteiger partial charge in [-0.25, -0.2) is 10.6 Å². The Labute approximate surface area is 108 Å². The predicted molar refractivity (Wildman–Crippen MR) is 72.8 cm³/mol. The molecule has 1 aromatic carbocycles. The monoisotopic (exact) mass is 251 g/mol. The molecule has 2 amide bonds. The second kappa shape index (κ2) is 5.27. The molecule has 0 unspecified atom stereocenters. The van der Waals surface area contributed by atoms with Crippen LogP contribution in [-0.2, 0) is 5.41 Å². The molecule has 100 valence electrons. The van der Waals surface area contributed by atoms with Crippen LogP contribution in [0.25, 0.3) is 0 Å². The van der Waals surface area contributed by atoms with Gasteiger partial charge in [-0.2, -0.15) is 0 Å². The van der Waals surface area contributed by atoms with Gasteiger partial charge in [0, 0.05) is 7.05 Å². The molecule has 5 nitrogen and oxygen atoms in total. The number of amides is 2. The first-order valence-electron chi connectivity index (χ1n) is 5.74. The number of anilines is 1. The van der Waals surface area contributed by atoms with Crippen LogP contribution in [0.5, 0.6) is 5.75 Å². The van der Waals surface area contributed by atoms with Crippen LogP contribution in [0.4, 0.5) is 10.5 Å². The van der Waals surface area contributed by atoms with E-state index >= 15 is 0 Å². The van der Waals surface area contributed by atoms with Crippen LogP contribution in [0.2, 0.25) is 0 Å². The van der Waals surface area contributed by atoms with E-state index in [0.717, 1.165) is 5.56 Å². The summed E-state index contributed by atoms with van der Waals surface area (Å²) in [4.78, 5) is 13.0. The van der Waals surface area contributed by atoms with E-state index in [1.54, 1.807) is 14.2 Å². The molecule has 18 heavy (non-hydrogen) atoms. The highest BCUT2D eigenvalue weighted by molar-refractivity contribution is 5.92. The molecular formula is C13H21N3O2. The zero-order valence-corrected chi connectivity index (χ0v) is 11.6. The molecule has 3 N–H and O–H groups in total. The summed E-state index contributed by atoms with van der Waals surface area (Å²) in [5, 5.41) is 0. The number of hydrogen-bond acceptors (Lipinski definition) is 3. The van der Waals surface area contributed by atoms with Gasteiger partial charge in [0.05, 0.1) is 12.8 Å². The number of rotatable bonds is 2. The van der Waals surface area contributed by atoms with Crippen molar-refractivity contribution in [3.8, 4) is 5.75 Å². The van der Waals surface area contributed by atoms with E-state index in [2.05, 4.69) is 26.2 Å². The summed E-state index contributed by atoms with van der Waals surface area (Å²) in [6.07, 6.45) is 0. The van der Waals surface area contributed by atoms with Crippen molar-refractivity contribution in [2.24, 2.45) is 5.84 Å². The zero-order valence-electron chi connectivity index (χ0n) is 11.6. The van der Waals surface area contributed by atoms with E-state index in [1.165, 1.54) is 4.90 Å². The lowest BCUT2D eigenvalue weighted by Crippen LogP contribution is -2.41. The molecule has 0 spiro atoms. The Kier molecular flexibility index (Phi) is 4.19. The van der Waals surface area contributed by atoms with Gasteiger partial charge in [0.2, 0.25) is 0 Å². The van der Waals surface area contributed by atoms with Crippen LogP contribution < -0.4 is 20.9 Å². The third-order valence-corrected chi connectivity index (χ3v) is 2.83. The minimum Gasteiger partial charge on any atom is -0.495 e. The highest BCUT2D eigenvalue weighted by atomic mass is 16.5. The van der Waals surface area contributed by atoms with Crippen molar-refractivity contribution in [2.45, 2.75) is 26.2 Å². The number of nitrogens with zero attached hydrogens (tertiary/aromatic N) is 1. The van der Waals surface area contributed by atoms with Crippen LogP contribution >= 0.6 is 0 Å². The second-order valence-corrected chi connectivity index (χ2v) is 5.15. The Hall–Kier alpha value is -1.75. The Morgan fingerprint density at radius 2 is 2.00 bits per heavy atom. The van der Waals surface area contributed by atoms with Crippen molar-refractivity contribution in [1.82, 2.24) is 5.43 Å². The number of ether oxygens (including phenoxy) is 1. The second-order valence-electron chi connectivity index (χ2n) is 5.15. The number of benzene rings is 1. The van der Waals surface area contributed by atoms with Crippen molar-refractivity contribution in [3.63, 3.8) is 0 Å². The normalized spacial score (nSPS) is 11.0. The highest BCUT2D eigenvalue weighted by Crippen LogP contribution is 2.33. The molecule has 0 aliphatic rings. The molecule has 0 aliphatic carbocycles. The molecule has 0 aromatic heterocycles. The van der Waals surface area contributed by atoms with Gasteiger partial charge >= 0.3 is 6.03 Å². The highest BCUT2D eigenvalue weighted by Gasteiger charge is 2.19. The molecule has 0 saturated heterocycles. The molecular weight excluding hydrogens is 230 g/mol. The fourth-order valence-electron chi connectivity index (χ4n) is 1.62. The lowest BCUT2D eigenvalue weighted by Gasteiger charge is -2.24. The van der Waals surface area contributed by atoms with E-state index in [4.69, 9.17) is 10.6 Å². The number of carbonyl (C=O) groups excluding carboxylic acids is 1. The van der Waals surface area contributed by atoms with Gasteiger partial charge < -0.3 is 4.74 Å². The van der Waals surface area contributed by atoms with Gasteiger partial charge in [0.25, 0.3) is 0 Å². The van der Waals surface area contributed by atoms with Crippen LogP contribution in [0.15, 0.2) is 18.2 Å². The van der Waals surface area contributed by atoms with E-state index in [9.17, 15) is 4.79 Å². The Bertz CT molecular complexity index is 438. The van der Waals surface area contributed by atoms with Crippen molar-refractivity contribution >= 4 is 11.7 Å². The third kappa shape index (κ3) is 2.92. The molecule has 1 aromatic rings. The summed E-state index contributed by atoms with van der Waals surface area (Å²) >= 11 is 0. The smallest absolute Gasteiger partial charge is 0.335 e. The lowest BCUT2D eigenvalue weighted by molar-refractivity contribution is 0.247. The maximum absolute atomic E-state index is 11.6. The minimum absolute atomic E-state index is 0.00104. The van der Waals surface area contributed by atoms with E-state index in [0.29, 0.717) is 11.4 Å². The van der Waals surface area contributed by atoms with E-state index < -0.39 is 0 Å². The average molecular weight is 251 g/mol. The summed E-state index contributed by atoms with van der Waals surface area (Å²) in [6, 6.07) is 5.40. The predicted octanol–water partition coefficient (Wildman–Crippen LogP) is 2.01. The van der Waals surface area contributed by atoms with Gasteiger partial charge in [-0.05, 0) is 23.1 Å². The maximum Gasteiger partial charge on any atom is 0.335 e. The van der Waals surface area contributed by atoms with Gasteiger partial charge in [-0.3, -0.25) is 10.3 Å². The molecule has 0 atom stereocenters. The summed E-state index contributed by atoms with van der Waals surface area (Å²) in [7, 11) is 3.22. The van der Waals surface area contributed by atoms with Crippen molar-refractivity contribution < 1.29 is 9.53 Å². The van der Waals surface area contributed by atoms with Gasteiger partial charge in [-0.15, -0.1) is 0 Å². The van der Waals surface area contributed by atoms with Crippen LogP contribution in [0.1, 0.15) is 26.3 Å². The van der Waals surface area contributed by atoms with Gasteiger partial charge in [0.15, 0.2) is 0 Å². The van der Waals surface area contributed by atoms with Crippen LogP contribution in [0, 0.1) is 0 Å². The Morgan fingerprint density at radius 1 is 1.39 bits per heavy atom. The number of nitrogens with one attached hydrogen (secondary N) is 1. The topological polar surface area (TPSA) is 67.6 Å². The van der Waals surface area contributed by atoms with E-state index in [-0.39, 0.29) is 11.4 Å². The summed E-state index contributed by atoms with van der Waals surface area (Å²) in [5.41, 5.74) is 3.91. The standard InChI is InChI=1S/C13H21N3O2/c1-13(2,3)9-6-7-11(18-5)10(8-9)16(4)12(17)15-14/h6-8H,14H2,1-5H3,(H,15,17). The SMILES string of the molecule is COc1ccc(C(C)(C)C)cc1N(C)C(=O)NN. The van der Waals surface area contributed by atoms with Crippen molar-refractivity contribution in [2.75, 3.05) is 19.1 Å². The first-order chi connectivity index (χ1) is 8.31. The molecule has 0 heterocycles. The number of hydrogen-bond donors (Lipinski definition) is 2. The average Bonchev–Trinajstić information content (AvgIpc) is 2.35. The molecule has 0 bridgehead atoms. The number of hydrazine groups is 1. The van der Waals surface area contributed by atoms with Gasteiger partial charge in [-0.1, -0.05) is 26.8 Å². The summed E-state index contributed by atoms with van der Waals surface area (Å²) in [6.45, 7) is 6.34. The van der Waals surface area contributed by atoms with Crippen LogP contribution in [0.3, 0.4) is 0 Å². The summed E-state index contributed by atoms with van der Waals surface area (Å²) in [5.74, 6) is 5.78. The zero-order chi connectivity index (χ0) is 13.9. The molecule has 0 saturated carbocycles. The molecule has 1 rings (SSSR count). The number of methoxy groups -OCH3 is 1. The number of urea groups is 1. The quantitative estimate of drug-likeness (QED) is 0.480. The number of carbonyl (C=O) groups is 1. The summed E-state index contributed by atoms with van der Waals surface area (Å²) < 4.78 is 5.27. The fraction of sp³-hybridized carbons (Fsp3) is 0.462. The molecule has 0 radical (unpaired) electrons. The lowest BCUT2D eigenvalue weighted by atomic mass is 9.86. The first-order valence-corrected chi connectivity index (χ1v) is 5.74. The molecule has 0 fully saturated rings. The van der Waals surface area contributed by atoms with Crippen molar-refractivity contribution in [3.05, 3.63) is 23.8 Å². The van der Waals surface area contributed by atoms with Crippen LogP contribution in [-0.4, -0.2) is 20.2 Å².